The van der Waals surface area contributed by atoms with Crippen molar-refractivity contribution in [3.8, 4) is 0 Å². The molecular formula is C34H59NO20. The lowest BCUT2D eigenvalue weighted by molar-refractivity contribution is -0.253. The minimum Gasteiger partial charge on any atom is -0.394 e. The van der Waals surface area contributed by atoms with Crippen LogP contribution in [0.5, 0.6) is 0 Å². The third kappa shape index (κ3) is 9.91. The van der Waals surface area contributed by atoms with Crippen LogP contribution in [0, 0.1) is 17.8 Å². The second kappa shape index (κ2) is 20.0. The maximum Gasteiger partial charge on any atom is 0.151 e. The Bertz CT molecular complexity index is 1230. The highest BCUT2D eigenvalue weighted by Gasteiger charge is 2.52. The first-order valence-electron chi connectivity index (χ1n) is 18.4. The minimum atomic E-state index is -1.92. The van der Waals surface area contributed by atoms with Gasteiger partial charge in [0, 0.05) is 17.8 Å². The van der Waals surface area contributed by atoms with Crippen LogP contribution in [0.15, 0.2) is 11.6 Å². The Labute approximate surface area is 316 Å². The number of aldehydes is 1. The van der Waals surface area contributed by atoms with Crippen LogP contribution in [0.25, 0.3) is 0 Å². The van der Waals surface area contributed by atoms with Crippen molar-refractivity contribution in [2.24, 2.45) is 17.8 Å². The molecule has 3 fully saturated rings. The summed E-state index contributed by atoms with van der Waals surface area (Å²) >= 11 is 0. The van der Waals surface area contributed by atoms with Gasteiger partial charge in [-0.25, -0.2) is 0 Å². The lowest BCUT2D eigenvalue weighted by Gasteiger charge is -2.48. The third-order valence-corrected chi connectivity index (χ3v) is 11.8. The summed E-state index contributed by atoms with van der Waals surface area (Å²) < 4.78 is 17.3. The Kier molecular flexibility index (Phi) is 16.9. The number of carbonyl (C=O) groups is 1. The first kappa shape index (κ1) is 46.3. The molecule has 4 rings (SSSR count). The maximum absolute atomic E-state index is 11.3. The number of hydrogen-bond donors (Lipinski definition) is 17. The highest BCUT2D eigenvalue weighted by Crippen LogP contribution is 2.39. The molecule has 23 atom stereocenters. The van der Waals surface area contributed by atoms with Gasteiger partial charge in [0.2, 0.25) is 0 Å². The van der Waals surface area contributed by atoms with Crippen molar-refractivity contribution in [1.29, 1.82) is 0 Å². The first-order valence-corrected chi connectivity index (χ1v) is 18.4. The van der Waals surface area contributed by atoms with E-state index in [9.17, 15) is 86.5 Å². The molecule has 0 saturated carbocycles. The Balaban J connectivity index is 1.44. The monoisotopic (exact) mass is 801 g/mol. The van der Waals surface area contributed by atoms with Crippen molar-refractivity contribution >= 4 is 6.29 Å². The maximum atomic E-state index is 11.3. The molecule has 0 radical (unpaired) electrons. The molecule has 0 amide bonds. The summed E-state index contributed by atoms with van der Waals surface area (Å²) in [5, 5.41) is 170. The number of aliphatic hydroxyl groups is 16. The van der Waals surface area contributed by atoms with Crippen molar-refractivity contribution in [3.05, 3.63) is 11.6 Å². The molecule has 0 aromatic heterocycles. The van der Waals surface area contributed by atoms with Crippen LogP contribution < -0.4 is 5.32 Å². The van der Waals surface area contributed by atoms with Crippen molar-refractivity contribution in [3.63, 3.8) is 0 Å². The summed E-state index contributed by atoms with van der Waals surface area (Å²) in [5.74, 6) is -3.51. The Morgan fingerprint density at radius 1 is 0.673 bits per heavy atom. The van der Waals surface area contributed by atoms with Crippen molar-refractivity contribution in [2.45, 2.75) is 148 Å². The zero-order valence-electron chi connectivity index (χ0n) is 30.2. The van der Waals surface area contributed by atoms with Gasteiger partial charge < -0.3 is 106 Å². The van der Waals surface area contributed by atoms with Crippen LogP contribution >= 0.6 is 0 Å². The highest BCUT2D eigenvalue weighted by molar-refractivity contribution is 5.56. The van der Waals surface area contributed by atoms with Gasteiger partial charge in [-0.3, -0.25) is 0 Å². The molecule has 0 spiro atoms. The molecule has 21 nitrogen and oxygen atoms in total. The largest absolute Gasteiger partial charge is 0.394 e. The predicted molar refractivity (Wildman–Crippen MR) is 181 cm³/mol. The second-order valence-corrected chi connectivity index (χ2v) is 15.2. The quantitative estimate of drug-likeness (QED) is 0.0509. The molecule has 2 unspecified atom stereocenters. The summed E-state index contributed by atoms with van der Waals surface area (Å²) in [4.78, 5) is 11.0. The number of hydrogen-bond acceptors (Lipinski definition) is 21. The van der Waals surface area contributed by atoms with E-state index in [1.165, 1.54) is 13.0 Å². The van der Waals surface area contributed by atoms with Crippen LogP contribution in [0.1, 0.15) is 26.2 Å². The Hall–Kier alpha value is -1.39. The topological polar surface area (TPSA) is 380 Å². The summed E-state index contributed by atoms with van der Waals surface area (Å²) in [6, 6.07) is -2.28. The molecule has 17 N–H and O–H groups in total. The smallest absolute Gasteiger partial charge is 0.151 e. The molecule has 0 aromatic rings. The molecular weight excluding hydrogens is 742 g/mol. The fourth-order valence-corrected chi connectivity index (χ4v) is 8.45. The van der Waals surface area contributed by atoms with Gasteiger partial charge in [-0.15, -0.1) is 0 Å². The molecule has 4 aliphatic rings. The molecule has 3 heterocycles. The van der Waals surface area contributed by atoms with Gasteiger partial charge in [0.1, 0.15) is 48.8 Å². The van der Waals surface area contributed by atoms with Crippen LogP contribution in [-0.4, -0.2) is 236 Å². The van der Waals surface area contributed by atoms with E-state index in [1.54, 1.807) is 0 Å². The molecule has 3 aliphatic heterocycles. The molecule has 0 aromatic carbocycles. The summed E-state index contributed by atoms with van der Waals surface area (Å²) in [6.07, 6.45) is -26.9. The molecule has 320 valence electrons. The van der Waals surface area contributed by atoms with Crippen LogP contribution in [0.4, 0.5) is 0 Å². The second-order valence-electron chi connectivity index (χ2n) is 15.2. The zero-order chi connectivity index (χ0) is 41.0. The number of carbonyl (C=O) groups excluding carboxylic acids is 1. The summed E-state index contributed by atoms with van der Waals surface area (Å²) in [5.41, 5.74) is 0.158. The predicted octanol–water partition coefficient (Wildman–Crippen LogP) is -8.91. The van der Waals surface area contributed by atoms with Crippen LogP contribution in [-0.2, 0) is 19.0 Å². The van der Waals surface area contributed by atoms with Crippen molar-refractivity contribution in [1.82, 2.24) is 5.32 Å². The Morgan fingerprint density at radius 2 is 1.24 bits per heavy atom. The minimum absolute atomic E-state index is 0.0338. The van der Waals surface area contributed by atoms with E-state index in [-0.39, 0.29) is 24.7 Å². The number of aliphatic hydroxyl groups excluding tert-OH is 16. The van der Waals surface area contributed by atoms with Gasteiger partial charge in [-0.2, -0.15) is 0 Å². The van der Waals surface area contributed by atoms with Crippen molar-refractivity contribution < 1.29 is 101 Å². The lowest BCUT2D eigenvalue weighted by Crippen LogP contribution is -2.66. The molecule has 1 aliphatic carbocycles. The van der Waals surface area contributed by atoms with E-state index in [0.29, 0.717) is 0 Å². The Morgan fingerprint density at radius 3 is 1.82 bits per heavy atom. The molecule has 3 saturated heterocycles. The normalized spacial score (nSPS) is 46.3. The van der Waals surface area contributed by atoms with E-state index >= 15 is 0 Å². The average Bonchev–Trinajstić information content (AvgIpc) is 3.18. The van der Waals surface area contributed by atoms with E-state index in [0.717, 1.165) is 0 Å². The number of nitrogens with one attached hydrogen (secondary N) is 1. The first-order chi connectivity index (χ1) is 25.9. The van der Waals surface area contributed by atoms with Gasteiger partial charge in [-0.05, 0) is 31.8 Å². The molecule has 0 bridgehead atoms. The SMILES string of the molecule is C[C@H]1O[C@H](C[C@@H]([C@H](O)[C@@H](O)C=O)[C@H](O)CO)[C@H](O)[C@@H](O)[C@@H]1NC1C=C(CO)C(C[C@H]2O[C@H](CO)[C@@H](C[C@H]3O[C@H](CO)[C@@H](O)[C@H](O)[C@H]3O)[C@H](O)[C@H]2O)[C@H](O)[C@H]1O. The van der Waals surface area contributed by atoms with Crippen molar-refractivity contribution in [2.75, 3.05) is 26.4 Å². The van der Waals surface area contributed by atoms with Gasteiger partial charge in [0.15, 0.2) is 6.29 Å². The number of rotatable bonds is 16. The van der Waals surface area contributed by atoms with E-state index in [4.69, 9.17) is 14.2 Å². The van der Waals surface area contributed by atoms with Gasteiger partial charge in [0.25, 0.3) is 0 Å². The highest BCUT2D eigenvalue weighted by atomic mass is 16.6. The fraction of sp³-hybridized carbons (Fsp3) is 0.912. The van der Waals surface area contributed by atoms with Gasteiger partial charge >= 0.3 is 0 Å². The molecule has 55 heavy (non-hydrogen) atoms. The van der Waals surface area contributed by atoms with Crippen LogP contribution in [0.2, 0.25) is 0 Å². The summed E-state index contributed by atoms with van der Waals surface area (Å²) in [7, 11) is 0. The van der Waals surface area contributed by atoms with Gasteiger partial charge in [0.05, 0.1) is 99.6 Å². The number of ether oxygens (including phenoxy) is 3. The standard InChI is InChI=1S/C34H59NO20/c1-11-24(33(51)30(48)19(53-11)4-14(17(41)7-37)25(43)18(42)8-38)35-16-2-12(6-36)13(26(44)28(16)46)3-20-29(47)27(45)15(22(9-39)54-20)5-21-31(49)34(52)32(50)23(10-40)55-21/h2,8,11,13-37,39-52H,3-7,9-10H2,1H3/t11-,13?,14-,15-,16?,17-,18+,19-,20-,21-,22-,23-,24-,25+,26+,27+,28+,29+,30+,31+,32-,33+,34-/m1/s1. The van der Waals surface area contributed by atoms with Gasteiger partial charge in [-0.1, -0.05) is 6.08 Å². The van der Waals surface area contributed by atoms with E-state index in [2.05, 4.69) is 5.32 Å². The van der Waals surface area contributed by atoms with E-state index in [1.807, 2.05) is 0 Å². The summed E-state index contributed by atoms with van der Waals surface area (Å²) in [6.45, 7) is -1.40. The third-order valence-electron chi connectivity index (χ3n) is 11.8. The lowest BCUT2D eigenvalue weighted by atomic mass is 9.74. The zero-order valence-corrected chi connectivity index (χ0v) is 30.2. The fourth-order valence-electron chi connectivity index (χ4n) is 8.45. The average molecular weight is 802 g/mol. The van der Waals surface area contributed by atoms with Crippen LogP contribution in [0.3, 0.4) is 0 Å². The molecule has 21 heteroatoms. The van der Waals surface area contributed by atoms with E-state index < -0.39 is 173 Å².